The van der Waals surface area contributed by atoms with E-state index in [-0.39, 0.29) is 36.6 Å². The monoisotopic (exact) mass is 412 g/mol. The van der Waals surface area contributed by atoms with Crippen molar-refractivity contribution in [3.63, 3.8) is 0 Å². The van der Waals surface area contributed by atoms with E-state index in [1.54, 1.807) is 12.1 Å². The van der Waals surface area contributed by atoms with Crippen LogP contribution in [0.3, 0.4) is 0 Å². The van der Waals surface area contributed by atoms with Crippen LogP contribution in [-0.4, -0.2) is 43.0 Å². The molecule has 1 aliphatic heterocycles. The van der Waals surface area contributed by atoms with Crippen molar-refractivity contribution in [2.24, 2.45) is 5.16 Å². The second-order valence-electron chi connectivity index (χ2n) is 7.43. The molecule has 1 amide bonds. The van der Waals surface area contributed by atoms with Gasteiger partial charge in [0.2, 0.25) is 0 Å². The first-order valence-corrected chi connectivity index (χ1v) is 10.3. The van der Waals surface area contributed by atoms with Gasteiger partial charge in [0.1, 0.15) is 5.75 Å². The molecule has 0 saturated heterocycles. The molecular weight excluding hydrogens is 384 g/mol. The number of phenolic OH excluding ortho intramolecular Hbond substituents is 1. The molecule has 1 heterocycles. The number of nitrogens with zero attached hydrogens (tertiary/aromatic N) is 1. The Morgan fingerprint density at radius 1 is 1.23 bits per heavy atom. The van der Waals surface area contributed by atoms with Crippen LogP contribution in [0.25, 0.3) is 0 Å². The third-order valence-corrected chi connectivity index (χ3v) is 4.98. The molecule has 0 bridgehead atoms. The van der Waals surface area contributed by atoms with E-state index in [1.807, 2.05) is 18.2 Å². The number of oxime groups is 1. The number of hydrogen-bond acceptors (Lipinski definition) is 6. The number of aromatic hydroxyl groups is 1. The Morgan fingerprint density at radius 2 is 2.00 bits per heavy atom. The standard InChI is InChI=1S/C23H28N2O5/c1-24-21(27)15-30-25-18-8-6-4-2-3-5-7-11-29-23(28)22-17(12-18)13-19(26)14-20(22)16-9-10-16/h3,5-6,8,13-14,16,26H,2,4,7,9-12,15H2,1H3,(H,24,27)/b5-3+,8-6+,25-18-. The molecule has 0 spiro atoms. The van der Waals surface area contributed by atoms with Crippen LogP contribution in [-0.2, 0) is 20.8 Å². The van der Waals surface area contributed by atoms with E-state index in [4.69, 9.17) is 9.57 Å². The molecule has 1 saturated carbocycles. The first-order chi connectivity index (χ1) is 14.6. The van der Waals surface area contributed by atoms with Crippen LogP contribution in [0.2, 0.25) is 0 Å². The molecule has 7 heteroatoms. The number of allylic oxidation sites excluding steroid dienone is 3. The van der Waals surface area contributed by atoms with Gasteiger partial charge in [-0.05, 0) is 67.4 Å². The molecule has 2 aliphatic rings. The summed E-state index contributed by atoms with van der Waals surface area (Å²) in [6.45, 7) is 0.116. The van der Waals surface area contributed by atoms with E-state index in [0.29, 0.717) is 29.9 Å². The molecule has 0 unspecified atom stereocenters. The molecule has 1 aliphatic carbocycles. The van der Waals surface area contributed by atoms with Crippen LogP contribution in [0.5, 0.6) is 5.75 Å². The fourth-order valence-electron chi connectivity index (χ4n) is 3.32. The summed E-state index contributed by atoms with van der Waals surface area (Å²) in [5.74, 6) is -0.293. The number of amides is 1. The Labute approximate surface area is 176 Å². The summed E-state index contributed by atoms with van der Waals surface area (Å²) in [6.07, 6.45) is 12.5. The zero-order valence-electron chi connectivity index (χ0n) is 17.2. The normalized spacial score (nSPS) is 21.1. The summed E-state index contributed by atoms with van der Waals surface area (Å²) in [5.41, 5.74) is 2.53. The molecule has 1 aromatic rings. The lowest BCUT2D eigenvalue weighted by Gasteiger charge is -2.15. The van der Waals surface area contributed by atoms with E-state index >= 15 is 0 Å². The molecule has 30 heavy (non-hydrogen) atoms. The van der Waals surface area contributed by atoms with Crippen molar-refractivity contribution in [2.75, 3.05) is 20.3 Å². The predicted octanol–water partition coefficient (Wildman–Crippen LogP) is 3.38. The van der Waals surface area contributed by atoms with Gasteiger partial charge in [0.25, 0.3) is 5.91 Å². The van der Waals surface area contributed by atoms with Gasteiger partial charge in [-0.3, -0.25) is 4.79 Å². The van der Waals surface area contributed by atoms with Crippen LogP contribution < -0.4 is 5.32 Å². The number of cyclic esters (lactones) is 1. The number of esters is 1. The lowest BCUT2D eigenvalue weighted by Crippen LogP contribution is -2.22. The van der Waals surface area contributed by atoms with Crippen molar-refractivity contribution in [1.82, 2.24) is 5.32 Å². The second kappa shape index (κ2) is 10.6. The van der Waals surface area contributed by atoms with Gasteiger partial charge in [-0.2, -0.15) is 0 Å². The van der Waals surface area contributed by atoms with Gasteiger partial charge in [0.15, 0.2) is 6.61 Å². The van der Waals surface area contributed by atoms with Crippen molar-refractivity contribution < 1.29 is 24.3 Å². The smallest absolute Gasteiger partial charge is 0.338 e. The third-order valence-electron chi connectivity index (χ3n) is 4.98. The molecule has 7 nitrogen and oxygen atoms in total. The minimum atomic E-state index is -0.382. The summed E-state index contributed by atoms with van der Waals surface area (Å²) >= 11 is 0. The number of likely N-dealkylation sites (N-methyl/N-ethyl adjacent to an activating group) is 1. The number of carbonyl (C=O) groups is 2. The molecule has 0 aromatic heterocycles. The maximum Gasteiger partial charge on any atom is 0.338 e. The number of benzene rings is 1. The van der Waals surface area contributed by atoms with E-state index in [0.717, 1.165) is 31.2 Å². The molecule has 1 fully saturated rings. The lowest BCUT2D eigenvalue weighted by atomic mass is 9.93. The zero-order chi connectivity index (χ0) is 21.3. The Balaban J connectivity index is 1.95. The highest BCUT2D eigenvalue weighted by molar-refractivity contribution is 6.00. The largest absolute Gasteiger partial charge is 0.508 e. The average molecular weight is 412 g/mol. The van der Waals surface area contributed by atoms with Gasteiger partial charge in [0.05, 0.1) is 17.9 Å². The molecule has 2 N–H and O–H groups in total. The van der Waals surface area contributed by atoms with Crippen LogP contribution in [0.1, 0.15) is 59.5 Å². The van der Waals surface area contributed by atoms with Gasteiger partial charge in [-0.25, -0.2) is 4.79 Å². The van der Waals surface area contributed by atoms with Crippen molar-refractivity contribution in [3.05, 3.63) is 53.1 Å². The summed E-state index contributed by atoms with van der Waals surface area (Å²) in [7, 11) is 1.53. The Bertz CT molecular complexity index is 869. The van der Waals surface area contributed by atoms with Crippen LogP contribution in [0.15, 0.2) is 41.6 Å². The molecule has 3 rings (SSSR count). The van der Waals surface area contributed by atoms with Gasteiger partial charge in [0, 0.05) is 13.5 Å². The Kier molecular flexibility index (Phi) is 7.65. The maximum atomic E-state index is 12.9. The third kappa shape index (κ3) is 6.20. The van der Waals surface area contributed by atoms with Gasteiger partial charge >= 0.3 is 5.97 Å². The van der Waals surface area contributed by atoms with Gasteiger partial charge in [-0.15, -0.1) is 0 Å². The highest BCUT2D eigenvalue weighted by Crippen LogP contribution is 2.44. The fourth-order valence-corrected chi connectivity index (χ4v) is 3.32. The summed E-state index contributed by atoms with van der Waals surface area (Å²) in [4.78, 5) is 29.5. The summed E-state index contributed by atoms with van der Waals surface area (Å²) in [5, 5.41) is 16.8. The highest BCUT2D eigenvalue weighted by atomic mass is 16.6. The van der Waals surface area contributed by atoms with Crippen molar-refractivity contribution in [2.45, 2.75) is 44.4 Å². The number of carbonyl (C=O) groups excluding carboxylic acids is 2. The van der Waals surface area contributed by atoms with E-state index in [9.17, 15) is 14.7 Å². The maximum absolute atomic E-state index is 12.9. The average Bonchev–Trinajstić information content (AvgIpc) is 3.56. The number of rotatable bonds is 4. The topological polar surface area (TPSA) is 97.2 Å². The first-order valence-electron chi connectivity index (χ1n) is 10.3. The Hall–Kier alpha value is -3.09. The molecule has 160 valence electrons. The Morgan fingerprint density at radius 3 is 2.77 bits per heavy atom. The fraction of sp³-hybridized carbons (Fsp3) is 0.435. The minimum Gasteiger partial charge on any atom is -0.508 e. The second-order valence-corrected chi connectivity index (χ2v) is 7.43. The van der Waals surface area contributed by atoms with Gasteiger partial charge < -0.3 is 20.0 Å². The van der Waals surface area contributed by atoms with Crippen molar-refractivity contribution in [1.29, 1.82) is 0 Å². The number of ether oxygens (including phenoxy) is 1. The van der Waals surface area contributed by atoms with Crippen LogP contribution in [0, 0.1) is 0 Å². The number of phenols is 1. The predicted molar refractivity (Wildman–Crippen MR) is 114 cm³/mol. The highest BCUT2D eigenvalue weighted by Gasteiger charge is 2.31. The first kappa shape index (κ1) is 21.6. The van der Waals surface area contributed by atoms with E-state index < -0.39 is 0 Å². The van der Waals surface area contributed by atoms with Gasteiger partial charge in [-0.1, -0.05) is 23.4 Å². The van der Waals surface area contributed by atoms with Crippen LogP contribution >= 0.6 is 0 Å². The lowest BCUT2D eigenvalue weighted by molar-refractivity contribution is -0.125. The molecular formula is C23H28N2O5. The number of nitrogens with one attached hydrogen (secondary N) is 1. The summed E-state index contributed by atoms with van der Waals surface area (Å²) < 4.78 is 5.52. The SMILES string of the molecule is CNC(=O)CO/N=C1/C=C/CC/C=C/CCOC(=O)c2c(cc(O)cc2C2CC2)C1. The van der Waals surface area contributed by atoms with E-state index in [1.165, 1.54) is 7.05 Å². The molecule has 1 aromatic carbocycles. The summed E-state index contributed by atoms with van der Waals surface area (Å²) in [6, 6.07) is 3.24. The van der Waals surface area contributed by atoms with Crippen molar-refractivity contribution >= 4 is 17.6 Å². The number of hydrogen-bond donors (Lipinski definition) is 2. The van der Waals surface area contributed by atoms with Crippen LogP contribution in [0.4, 0.5) is 0 Å². The number of fused-ring (bicyclic) bond motifs is 1. The van der Waals surface area contributed by atoms with Crippen molar-refractivity contribution in [3.8, 4) is 5.75 Å². The van der Waals surface area contributed by atoms with E-state index in [2.05, 4.69) is 16.5 Å². The molecule has 0 atom stereocenters. The zero-order valence-corrected chi connectivity index (χ0v) is 17.2. The minimum absolute atomic E-state index is 0.113. The quantitative estimate of drug-likeness (QED) is 0.449. The molecule has 0 radical (unpaired) electrons.